The van der Waals surface area contributed by atoms with E-state index in [2.05, 4.69) is 5.32 Å². The van der Waals surface area contributed by atoms with Crippen molar-refractivity contribution in [3.8, 4) is 0 Å². The van der Waals surface area contributed by atoms with E-state index in [4.69, 9.17) is 10.5 Å². The maximum Gasteiger partial charge on any atom is 0.250 e. The van der Waals surface area contributed by atoms with E-state index in [-0.39, 0.29) is 18.5 Å². The topological polar surface area (TPSA) is 47.3 Å². The quantitative estimate of drug-likeness (QED) is 0.720. The second-order valence-corrected chi connectivity index (χ2v) is 3.42. The third-order valence-electron chi connectivity index (χ3n) is 2.27. The van der Waals surface area contributed by atoms with Crippen molar-refractivity contribution in [2.24, 2.45) is 11.7 Å². The van der Waals surface area contributed by atoms with Crippen LogP contribution in [0.1, 0.15) is 0 Å². The van der Waals surface area contributed by atoms with Crippen molar-refractivity contribution in [3.63, 3.8) is 0 Å². The summed E-state index contributed by atoms with van der Waals surface area (Å²) < 4.78 is 28.8. The van der Waals surface area contributed by atoms with Crippen LogP contribution >= 0.6 is 0 Å². The average molecular weight is 218 g/mol. The Kier molecular flexibility index (Phi) is 4.71. The summed E-state index contributed by atoms with van der Waals surface area (Å²) in [4.78, 5) is 0. The van der Waals surface area contributed by atoms with E-state index >= 15 is 0 Å². The van der Waals surface area contributed by atoms with Crippen molar-refractivity contribution in [3.05, 3.63) is 24.0 Å². The van der Waals surface area contributed by atoms with Gasteiger partial charge >= 0.3 is 0 Å². The predicted octanol–water partition coefficient (Wildman–Crippen LogP) is 0.885. The first-order valence-corrected chi connectivity index (χ1v) is 4.82. The highest BCUT2D eigenvalue weighted by Gasteiger charge is 2.17. The van der Waals surface area contributed by atoms with Crippen molar-refractivity contribution in [1.82, 2.24) is 5.32 Å². The summed E-state index contributed by atoms with van der Waals surface area (Å²) in [5.41, 5.74) is 5.80. The molecule has 0 spiro atoms. The lowest BCUT2D eigenvalue weighted by atomic mass is 9.95. The molecule has 0 amide bonds. The summed E-state index contributed by atoms with van der Waals surface area (Å²) >= 11 is 0. The van der Waals surface area contributed by atoms with Gasteiger partial charge in [-0.05, 0) is 12.2 Å². The summed E-state index contributed by atoms with van der Waals surface area (Å²) in [5.74, 6) is 0.726. The largest absolute Gasteiger partial charge is 0.497 e. The fraction of sp³-hybridized carbons (Fsp3) is 0.600. The Hall–Kier alpha value is -0.940. The van der Waals surface area contributed by atoms with E-state index < -0.39 is 6.43 Å². The van der Waals surface area contributed by atoms with E-state index in [1.54, 1.807) is 13.2 Å². The Morgan fingerprint density at radius 1 is 1.60 bits per heavy atom. The van der Waals surface area contributed by atoms with E-state index in [0.717, 1.165) is 5.76 Å². The lowest BCUT2D eigenvalue weighted by Crippen LogP contribution is -2.37. The minimum absolute atomic E-state index is 0.00343. The number of alkyl halides is 2. The molecule has 3 N–H and O–H groups in total. The highest BCUT2D eigenvalue weighted by Crippen LogP contribution is 2.15. The Morgan fingerprint density at radius 2 is 2.33 bits per heavy atom. The van der Waals surface area contributed by atoms with E-state index in [0.29, 0.717) is 6.54 Å². The van der Waals surface area contributed by atoms with E-state index in [1.165, 1.54) is 0 Å². The normalized spacial score (nSPS) is 25.5. The highest BCUT2D eigenvalue weighted by molar-refractivity contribution is 5.22. The van der Waals surface area contributed by atoms with Gasteiger partial charge in [0.2, 0.25) is 0 Å². The van der Waals surface area contributed by atoms with Gasteiger partial charge in [0.15, 0.2) is 0 Å². The van der Waals surface area contributed by atoms with Crippen molar-refractivity contribution in [1.29, 1.82) is 0 Å². The maximum absolute atomic E-state index is 11.9. The van der Waals surface area contributed by atoms with Crippen molar-refractivity contribution >= 4 is 0 Å². The Labute approximate surface area is 88.0 Å². The smallest absolute Gasteiger partial charge is 0.250 e. The molecule has 86 valence electrons. The summed E-state index contributed by atoms with van der Waals surface area (Å²) in [6, 6.07) is -0.144. The summed E-state index contributed by atoms with van der Waals surface area (Å²) in [6.45, 7) is 0.131. The zero-order valence-corrected chi connectivity index (χ0v) is 8.62. The lowest BCUT2D eigenvalue weighted by molar-refractivity contribution is 0.144. The fourth-order valence-corrected chi connectivity index (χ4v) is 1.42. The fourth-order valence-electron chi connectivity index (χ4n) is 1.42. The van der Waals surface area contributed by atoms with Crippen molar-refractivity contribution < 1.29 is 13.5 Å². The summed E-state index contributed by atoms with van der Waals surface area (Å²) in [6.07, 6.45) is 3.12. The van der Waals surface area contributed by atoms with Crippen LogP contribution in [0.3, 0.4) is 0 Å². The molecule has 0 fully saturated rings. The number of halogens is 2. The van der Waals surface area contributed by atoms with Crippen LogP contribution < -0.4 is 11.1 Å². The molecule has 1 rings (SSSR count). The lowest BCUT2D eigenvalue weighted by Gasteiger charge is -2.22. The van der Waals surface area contributed by atoms with Gasteiger partial charge in [0.05, 0.1) is 13.7 Å². The molecule has 0 aromatic carbocycles. The Balaban J connectivity index is 2.39. The predicted molar refractivity (Wildman–Crippen MR) is 54.6 cm³/mol. The van der Waals surface area contributed by atoms with Gasteiger partial charge in [0.25, 0.3) is 6.43 Å². The minimum Gasteiger partial charge on any atom is -0.497 e. The molecule has 0 saturated heterocycles. The van der Waals surface area contributed by atoms with Crippen LogP contribution in [0.25, 0.3) is 0 Å². The van der Waals surface area contributed by atoms with Crippen molar-refractivity contribution in [2.75, 3.05) is 20.2 Å². The zero-order valence-electron chi connectivity index (χ0n) is 8.62. The molecule has 5 heteroatoms. The number of hydrogen-bond acceptors (Lipinski definition) is 3. The molecule has 0 heterocycles. The van der Waals surface area contributed by atoms with Gasteiger partial charge in [-0.3, -0.25) is 0 Å². The van der Waals surface area contributed by atoms with Gasteiger partial charge in [0, 0.05) is 18.5 Å². The van der Waals surface area contributed by atoms with Crippen LogP contribution in [0.5, 0.6) is 0 Å². The second kappa shape index (κ2) is 5.82. The molecule has 0 aromatic rings. The first-order chi connectivity index (χ1) is 7.13. The third-order valence-corrected chi connectivity index (χ3v) is 2.27. The van der Waals surface area contributed by atoms with Gasteiger partial charge in [-0.15, -0.1) is 0 Å². The molecule has 15 heavy (non-hydrogen) atoms. The number of rotatable bonds is 5. The van der Waals surface area contributed by atoms with Gasteiger partial charge in [-0.2, -0.15) is 0 Å². The molecule has 1 aliphatic carbocycles. The molecule has 2 unspecified atom stereocenters. The van der Waals surface area contributed by atoms with Gasteiger partial charge in [0.1, 0.15) is 5.76 Å². The SMILES string of the molecule is COC1=CC(CNCC(F)F)C(N)C=C1. The number of ether oxygens (including phenoxy) is 1. The second-order valence-electron chi connectivity index (χ2n) is 3.42. The first kappa shape index (κ1) is 12.1. The molecular weight excluding hydrogens is 202 g/mol. The van der Waals surface area contributed by atoms with Gasteiger partial charge in [-0.25, -0.2) is 8.78 Å². The number of methoxy groups -OCH3 is 1. The monoisotopic (exact) mass is 218 g/mol. The van der Waals surface area contributed by atoms with Crippen LogP contribution in [-0.4, -0.2) is 32.7 Å². The van der Waals surface area contributed by atoms with Gasteiger partial charge in [-0.1, -0.05) is 6.08 Å². The number of nitrogens with one attached hydrogen (secondary N) is 1. The molecule has 0 aliphatic heterocycles. The van der Waals surface area contributed by atoms with E-state index in [9.17, 15) is 8.78 Å². The minimum atomic E-state index is -2.33. The third kappa shape index (κ3) is 3.97. The van der Waals surface area contributed by atoms with Crippen molar-refractivity contribution in [2.45, 2.75) is 12.5 Å². The number of hydrogen-bond donors (Lipinski definition) is 2. The van der Waals surface area contributed by atoms with Crippen LogP contribution in [-0.2, 0) is 4.74 Å². The molecule has 0 aromatic heterocycles. The first-order valence-electron chi connectivity index (χ1n) is 4.82. The van der Waals surface area contributed by atoms with Crippen LogP contribution in [0.15, 0.2) is 24.0 Å². The van der Waals surface area contributed by atoms with E-state index in [1.807, 2.05) is 12.2 Å². The molecule has 2 atom stereocenters. The Morgan fingerprint density at radius 3 is 2.93 bits per heavy atom. The highest BCUT2D eigenvalue weighted by atomic mass is 19.3. The molecule has 1 aliphatic rings. The average Bonchev–Trinajstić information content (AvgIpc) is 2.20. The van der Waals surface area contributed by atoms with Crippen LogP contribution in [0, 0.1) is 5.92 Å². The maximum atomic E-state index is 11.9. The van der Waals surface area contributed by atoms with Gasteiger partial charge < -0.3 is 15.8 Å². The number of nitrogens with two attached hydrogens (primary N) is 1. The summed E-state index contributed by atoms with van der Waals surface area (Å²) in [5, 5.41) is 2.67. The standard InChI is InChI=1S/C10H16F2N2O/c1-15-8-2-3-9(13)7(4-8)5-14-6-10(11)12/h2-4,7,9-10,14H,5-6,13H2,1H3. The molecular formula is C10H16F2N2O. The zero-order chi connectivity index (χ0) is 11.3. The number of allylic oxidation sites excluding steroid dienone is 1. The molecule has 0 saturated carbocycles. The molecule has 0 radical (unpaired) electrons. The molecule has 3 nitrogen and oxygen atoms in total. The van der Waals surface area contributed by atoms with Crippen LogP contribution in [0.4, 0.5) is 8.78 Å². The van der Waals surface area contributed by atoms with Crippen LogP contribution in [0.2, 0.25) is 0 Å². The Bertz CT molecular complexity index is 254. The summed E-state index contributed by atoms with van der Waals surface area (Å²) in [7, 11) is 1.57. The molecule has 0 bridgehead atoms.